The van der Waals surface area contributed by atoms with Crippen molar-refractivity contribution in [2.75, 3.05) is 19.6 Å². The highest BCUT2D eigenvalue weighted by Gasteiger charge is 2.51. The van der Waals surface area contributed by atoms with E-state index in [-0.39, 0.29) is 6.04 Å². The van der Waals surface area contributed by atoms with E-state index < -0.39 is 24.0 Å². The number of carboxylic acids is 2. The molecule has 3 heterocycles. The van der Waals surface area contributed by atoms with Gasteiger partial charge in [0.2, 0.25) is 0 Å². The summed E-state index contributed by atoms with van der Waals surface area (Å²) in [5.41, 5.74) is 6.81. The van der Waals surface area contributed by atoms with Gasteiger partial charge >= 0.3 is 11.9 Å². The number of piperidine rings is 1. The number of hydrazone groups is 1. The first kappa shape index (κ1) is 24.2. The van der Waals surface area contributed by atoms with Crippen LogP contribution < -0.4 is 16.3 Å². The zero-order valence-corrected chi connectivity index (χ0v) is 21.6. The molecule has 8 aliphatic rings. The number of amidine groups is 1. The second kappa shape index (κ2) is 9.38. The van der Waals surface area contributed by atoms with Crippen molar-refractivity contribution < 1.29 is 19.8 Å². The molecule has 0 radical (unpaired) electrons. The number of hydrogen-bond acceptors (Lipinski definition) is 8. The molecule has 4 bridgehead atoms. The first-order valence-corrected chi connectivity index (χ1v) is 14.7. The summed E-state index contributed by atoms with van der Waals surface area (Å²) < 4.78 is 0. The van der Waals surface area contributed by atoms with Gasteiger partial charge in [-0.1, -0.05) is 0 Å². The fourth-order valence-corrected chi connectivity index (χ4v) is 9.85. The Morgan fingerprint density at radius 2 is 1.62 bits per heavy atom. The van der Waals surface area contributed by atoms with E-state index in [9.17, 15) is 19.8 Å². The highest BCUT2D eigenvalue weighted by molar-refractivity contribution is 5.85. The van der Waals surface area contributed by atoms with Crippen LogP contribution >= 0.6 is 0 Å². The average molecular weight is 515 g/mol. The number of carbonyl (C=O) groups is 2. The molecule has 0 spiro atoms. The molecule has 37 heavy (non-hydrogen) atoms. The van der Waals surface area contributed by atoms with E-state index in [1.165, 1.54) is 32.1 Å². The highest BCUT2D eigenvalue weighted by Crippen LogP contribution is 2.56. The summed E-state index contributed by atoms with van der Waals surface area (Å²) >= 11 is 0. The minimum atomic E-state index is -0.755. The molecular weight excluding hydrogens is 472 g/mol. The Bertz CT molecular complexity index is 931. The van der Waals surface area contributed by atoms with Gasteiger partial charge in [0.1, 0.15) is 17.9 Å². The standard InChI is InChI=1S/C27H42N6O4/c34-26(35)22-9-18-4-14(1-2-17(18)11-28-22)12-32-13-21(10-23(32)27(36)37)33-30-25(29-31-33)24-19-5-15-3-16(7-19)8-20(24)6-15/h14-24,28,31H,1-13H2,(H,29,30)(H,34,35)(H,36,37)/t14-,15?,16?,17-,18+,19?,20?,21-,22-,23-,24?/m0/s1. The molecule has 3 aliphatic heterocycles. The number of hydrazine groups is 2. The maximum Gasteiger partial charge on any atom is 0.320 e. The van der Waals surface area contributed by atoms with Crippen molar-refractivity contribution in [3.8, 4) is 0 Å². The monoisotopic (exact) mass is 514 g/mol. The van der Waals surface area contributed by atoms with Crippen molar-refractivity contribution in [1.29, 1.82) is 0 Å². The minimum absolute atomic E-state index is 0.0470. The Morgan fingerprint density at radius 1 is 0.865 bits per heavy atom. The topological polar surface area (TPSA) is 130 Å². The lowest BCUT2D eigenvalue weighted by Gasteiger charge is -2.54. The number of likely N-dealkylation sites (tertiary alicyclic amines) is 1. The summed E-state index contributed by atoms with van der Waals surface area (Å²) in [6.07, 6.45) is 11.3. The summed E-state index contributed by atoms with van der Waals surface area (Å²) in [5, 5.41) is 29.4. The van der Waals surface area contributed by atoms with Crippen LogP contribution in [-0.2, 0) is 9.59 Å². The summed E-state index contributed by atoms with van der Waals surface area (Å²) in [7, 11) is 0. The van der Waals surface area contributed by atoms with Crippen molar-refractivity contribution in [3.05, 3.63) is 0 Å². The van der Waals surface area contributed by atoms with Gasteiger partial charge in [-0.2, -0.15) is 0 Å². The van der Waals surface area contributed by atoms with Crippen molar-refractivity contribution in [2.24, 2.45) is 52.4 Å². The van der Waals surface area contributed by atoms with Crippen molar-refractivity contribution in [3.63, 3.8) is 0 Å². The van der Waals surface area contributed by atoms with E-state index in [0.717, 1.165) is 61.9 Å². The van der Waals surface area contributed by atoms with Crippen LogP contribution in [-0.4, -0.2) is 75.8 Å². The van der Waals surface area contributed by atoms with Gasteiger partial charge in [0.25, 0.3) is 0 Å². The van der Waals surface area contributed by atoms with Gasteiger partial charge in [0.15, 0.2) is 0 Å². The van der Waals surface area contributed by atoms with E-state index in [1.54, 1.807) is 0 Å². The molecule has 204 valence electrons. The summed E-state index contributed by atoms with van der Waals surface area (Å²) in [4.78, 5) is 25.9. The number of fused-ring (bicyclic) bond motifs is 1. The Morgan fingerprint density at radius 3 is 2.32 bits per heavy atom. The van der Waals surface area contributed by atoms with Crippen LogP contribution in [0.3, 0.4) is 0 Å². The van der Waals surface area contributed by atoms with Crippen LogP contribution in [0.1, 0.15) is 64.2 Å². The Balaban J connectivity index is 0.968. The van der Waals surface area contributed by atoms with E-state index in [0.29, 0.717) is 43.1 Å². The predicted molar refractivity (Wildman–Crippen MR) is 136 cm³/mol. The number of aliphatic carboxylic acids is 2. The van der Waals surface area contributed by atoms with E-state index in [1.807, 2.05) is 5.12 Å². The van der Waals surface area contributed by atoms with Crippen molar-refractivity contribution >= 4 is 17.8 Å². The summed E-state index contributed by atoms with van der Waals surface area (Å²) in [5.74, 6) is 4.86. The number of nitrogens with one attached hydrogen (secondary N) is 3. The molecular formula is C27H42N6O4. The average Bonchev–Trinajstić information content (AvgIpc) is 3.51. The number of nitrogens with zero attached hydrogens (tertiary/aromatic N) is 3. The fraction of sp³-hybridized carbons (Fsp3) is 0.889. The zero-order chi connectivity index (χ0) is 25.3. The van der Waals surface area contributed by atoms with Crippen LogP contribution in [0.2, 0.25) is 0 Å². The van der Waals surface area contributed by atoms with E-state index in [4.69, 9.17) is 5.10 Å². The van der Waals surface area contributed by atoms with Crippen LogP contribution in [0.4, 0.5) is 0 Å². The molecule has 0 aromatic carbocycles. The molecule has 6 atom stereocenters. The molecule has 10 heteroatoms. The predicted octanol–water partition coefficient (Wildman–Crippen LogP) is 1.70. The van der Waals surface area contributed by atoms with Gasteiger partial charge in [-0.05, 0) is 112 Å². The molecule has 7 fully saturated rings. The van der Waals surface area contributed by atoms with Crippen LogP contribution in [0.25, 0.3) is 0 Å². The molecule has 8 rings (SSSR count). The van der Waals surface area contributed by atoms with Crippen molar-refractivity contribution in [1.82, 2.24) is 26.3 Å². The molecule has 0 unspecified atom stereocenters. The quantitative estimate of drug-likeness (QED) is 0.360. The van der Waals surface area contributed by atoms with Gasteiger partial charge in [-0.15, -0.1) is 10.2 Å². The van der Waals surface area contributed by atoms with Crippen LogP contribution in [0.5, 0.6) is 0 Å². The molecule has 5 aliphatic carbocycles. The third kappa shape index (κ3) is 4.42. The second-order valence-corrected chi connectivity index (χ2v) is 13.5. The molecule has 0 aromatic rings. The second-order valence-electron chi connectivity index (χ2n) is 13.5. The minimum Gasteiger partial charge on any atom is -0.480 e. The van der Waals surface area contributed by atoms with Gasteiger partial charge in [0, 0.05) is 19.0 Å². The Labute approximate surface area is 218 Å². The first-order chi connectivity index (χ1) is 17.9. The van der Waals surface area contributed by atoms with Gasteiger partial charge in [-0.25, -0.2) is 5.53 Å². The SMILES string of the molecule is O=C(O)[C@@H]1C[C@H]2C[C@@H](CN3C[C@@H](N4NN=C(C5C6CC7CC(C6)CC5C7)N4)C[C@H]3C(=O)O)CC[C@H]2CN1. The van der Waals surface area contributed by atoms with Gasteiger partial charge < -0.3 is 15.5 Å². The number of rotatable bonds is 6. The normalized spacial score (nSPS) is 47.2. The van der Waals surface area contributed by atoms with E-state index in [2.05, 4.69) is 21.2 Å². The first-order valence-electron chi connectivity index (χ1n) is 14.7. The summed E-state index contributed by atoms with van der Waals surface area (Å²) in [6.45, 7) is 2.26. The number of hydrogen-bond donors (Lipinski definition) is 5. The maximum atomic E-state index is 12.2. The smallest absolute Gasteiger partial charge is 0.320 e. The lowest BCUT2D eigenvalue weighted by molar-refractivity contribution is -0.143. The largest absolute Gasteiger partial charge is 0.480 e. The lowest BCUT2D eigenvalue weighted by atomic mass is 9.51. The van der Waals surface area contributed by atoms with Crippen LogP contribution in [0, 0.1) is 47.3 Å². The molecule has 2 saturated heterocycles. The molecule has 5 saturated carbocycles. The lowest BCUT2D eigenvalue weighted by Crippen LogP contribution is -2.55. The van der Waals surface area contributed by atoms with Crippen molar-refractivity contribution in [2.45, 2.75) is 82.3 Å². The van der Waals surface area contributed by atoms with Gasteiger partial charge in [-0.3, -0.25) is 19.9 Å². The summed E-state index contributed by atoms with van der Waals surface area (Å²) in [6, 6.07) is -0.888. The van der Waals surface area contributed by atoms with Crippen LogP contribution in [0.15, 0.2) is 5.10 Å². The van der Waals surface area contributed by atoms with E-state index >= 15 is 0 Å². The maximum absolute atomic E-state index is 12.2. The molecule has 5 N–H and O–H groups in total. The molecule has 0 aromatic heterocycles. The third-order valence-corrected chi connectivity index (χ3v) is 11.3. The number of carboxylic acid groups (broad SMARTS) is 2. The third-order valence-electron chi connectivity index (χ3n) is 11.3. The van der Waals surface area contributed by atoms with Gasteiger partial charge in [0.05, 0.1) is 6.04 Å². The highest BCUT2D eigenvalue weighted by atomic mass is 16.4. The Hall–Kier alpha value is -1.91. The Kier molecular flexibility index (Phi) is 6.12. The molecule has 10 nitrogen and oxygen atoms in total. The molecule has 0 amide bonds. The zero-order valence-electron chi connectivity index (χ0n) is 21.6. The fourth-order valence-electron chi connectivity index (χ4n) is 9.85.